The predicted molar refractivity (Wildman–Crippen MR) is 65.6 cm³/mol. The van der Waals surface area contributed by atoms with E-state index in [-0.39, 0.29) is 5.56 Å². The fourth-order valence-corrected chi connectivity index (χ4v) is 2.09. The second kappa shape index (κ2) is 3.62. The molecule has 0 saturated carbocycles. The Labute approximate surface area is 97.9 Å². The van der Waals surface area contributed by atoms with Gasteiger partial charge in [0.1, 0.15) is 5.82 Å². The van der Waals surface area contributed by atoms with Gasteiger partial charge in [-0.25, -0.2) is 5.10 Å². The Kier molecular flexibility index (Phi) is 2.11. The number of fused-ring (bicyclic) bond motifs is 1. The summed E-state index contributed by atoms with van der Waals surface area (Å²) in [4.78, 5) is 13.0. The number of nitrogen functional groups attached to an aromatic ring is 1. The largest absolute Gasteiger partial charge is 0.399 e. The summed E-state index contributed by atoms with van der Waals surface area (Å²) in [6.45, 7) is 1.58. The zero-order valence-corrected chi connectivity index (χ0v) is 9.18. The van der Waals surface area contributed by atoms with Crippen molar-refractivity contribution in [2.75, 3.05) is 10.6 Å². The van der Waals surface area contributed by atoms with Crippen LogP contribution in [-0.4, -0.2) is 10.2 Å². The summed E-state index contributed by atoms with van der Waals surface area (Å²) in [5, 5.41) is 6.47. The SMILES string of the molecule is Nc1ccc2c(c1)CN(c1ccc(=O)[nH]n1)C2. The van der Waals surface area contributed by atoms with E-state index in [0.717, 1.165) is 24.6 Å². The third-order valence-electron chi connectivity index (χ3n) is 2.94. The number of benzene rings is 1. The molecule has 0 amide bonds. The van der Waals surface area contributed by atoms with Gasteiger partial charge in [-0.3, -0.25) is 4.79 Å². The molecule has 1 aromatic carbocycles. The zero-order chi connectivity index (χ0) is 11.8. The highest BCUT2D eigenvalue weighted by atomic mass is 16.1. The Hall–Kier alpha value is -2.30. The summed E-state index contributed by atoms with van der Waals surface area (Å²) in [5.74, 6) is 0.777. The Balaban J connectivity index is 1.91. The molecule has 0 spiro atoms. The summed E-state index contributed by atoms with van der Waals surface area (Å²) in [6, 6.07) is 9.15. The van der Waals surface area contributed by atoms with E-state index < -0.39 is 0 Å². The molecule has 0 bridgehead atoms. The van der Waals surface area contributed by atoms with Crippen LogP contribution in [0.4, 0.5) is 11.5 Å². The van der Waals surface area contributed by atoms with Crippen molar-refractivity contribution in [2.45, 2.75) is 13.1 Å². The van der Waals surface area contributed by atoms with Crippen LogP contribution >= 0.6 is 0 Å². The number of hydrogen-bond acceptors (Lipinski definition) is 4. The third-order valence-corrected chi connectivity index (χ3v) is 2.94. The van der Waals surface area contributed by atoms with Gasteiger partial charge < -0.3 is 10.6 Å². The van der Waals surface area contributed by atoms with Crippen molar-refractivity contribution in [1.82, 2.24) is 10.2 Å². The molecule has 2 heterocycles. The molecule has 3 N–H and O–H groups in total. The van der Waals surface area contributed by atoms with Crippen LogP contribution in [0.15, 0.2) is 35.1 Å². The van der Waals surface area contributed by atoms with Crippen molar-refractivity contribution in [2.24, 2.45) is 0 Å². The minimum atomic E-state index is -0.185. The molecule has 3 rings (SSSR count). The van der Waals surface area contributed by atoms with Gasteiger partial charge in [-0.1, -0.05) is 6.07 Å². The van der Waals surface area contributed by atoms with Crippen molar-refractivity contribution in [3.05, 3.63) is 51.8 Å². The predicted octanol–water partition coefficient (Wildman–Crippen LogP) is 0.872. The summed E-state index contributed by atoms with van der Waals surface area (Å²) in [6.07, 6.45) is 0. The highest BCUT2D eigenvalue weighted by molar-refractivity contribution is 5.52. The monoisotopic (exact) mass is 228 g/mol. The lowest BCUT2D eigenvalue weighted by Gasteiger charge is -2.14. The quantitative estimate of drug-likeness (QED) is 0.710. The summed E-state index contributed by atoms with van der Waals surface area (Å²) in [7, 11) is 0. The smallest absolute Gasteiger partial charge is 0.264 e. The molecule has 17 heavy (non-hydrogen) atoms. The molecule has 0 saturated heterocycles. The minimum Gasteiger partial charge on any atom is -0.399 e. The lowest BCUT2D eigenvalue weighted by Crippen LogP contribution is -2.18. The summed E-state index contributed by atoms with van der Waals surface area (Å²) >= 11 is 0. The molecule has 0 fully saturated rings. The molecular weight excluding hydrogens is 216 g/mol. The lowest BCUT2D eigenvalue weighted by atomic mass is 10.1. The Bertz CT molecular complexity index is 600. The van der Waals surface area contributed by atoms with E-state index in [4.69, 9.17) is 5.73 Å². The van der Waals surface area contributed by atoms with E-state index in [0.29, 0.717) is 0 Å². The number of H-pyrrole nitrogens is 1. The summed E-state index contributed by atoms with van der Waals surface area (Å²) in [5.41, 5.74) is 8.82. The molecule has 2 aromatic rings. The second-order valence-corrected chi connectivity index (χ2v) is 4.16. The average molecular weight is 228 g/mol. The molecule has 0 aliphatic carbocycles. The van der Waals surface area contributed by atoms with Crippen molar-refractivity contribution in [1.29, 1.82) is 0 Å². The number of hydrogen-bond donors (Lipinski definition) is 2. The van der Waals surface area contributed by atoms with Gasteiger partial charge in [0.05, 0.1) is 0 Å². The van der Waals surface area contributed by atoms with E-state index in [2.05, 4.69) is 15.1 Å². The minimum absolute atomic E-state index is 0.185. The van der Waals surface area contributed by atoms with Crippen LogP contribution in [0.25, 0.3) is 0 Å². The number of nitrogens with two attached hydrogens (primary N) is 1. The van der Waals surface area contributed by atoms with E-state index in [1.165, 1.54) is 17.2 Å². The Morgan fingerprint density at radius 1 is 1.18 bits per heavy atom. The van der Waals surface area contributed by atoms with Gasteiger partial charge in [-0.05, 0) is 29.3 Å². The fourth-order valence-electron chi connectivity index (χ4n) is 2.09. The van der Waals surface area contributed by atoms with Crippen LogP contribution in [0.5, 0.6) is 0 Å². The van der Waals surface area contributed by atoms with E-state index in [1.54, 1.807) is 6.07 Å². The third kappa shape index (κ3) is 1.75. The topological polar surface area (TPSA) is 75.0 Å². The molecule has 1 aliphatic heterocycles. The number of rotatable bonds is 1. The summed E-state index contributed by atoms with van der Waals surface area (Å²) < 4.78 is 0. The van der Waals surface area contributed by atoms with Gasteiger partial charge >= 0.3 is 0 Å². The lowest BCUT2D eigenvalue weighted by molar-refractivity contribution is 0.825. The first-order valence-electron chi connectivity index (χ1n) is 5.40. The number of aromatic amines is 1. The van der Waals surface area contributed by atoms with Crippen LogP contribution < -0.4 is 16.2 Å². The standard InChI is InChI=1S/C12H12N4O/c13-10-2-1-8-6-16(7-9(8)5-10)11-3-4-12(17)15-14-11/h1-5H,6-7,13H2,(H,15,17). The number of anilines is 2. The molecule has 0 atom stereocenters. The van der Waals surface area contributed by atoms with Gasteiger partial charge in [0, 0.05) is 24.8 Å². The van der Waals surface area contributed by atoms with Crippen molar-refractivity contribution >= 4 is 11.5 Å². The maximum Gasteiger partial charge on any atom is 0.264 e. The molecule has 5 heteroatoms. The highest BCUT2D eigenvalue weighted by Gasteiger charge is 2.20. The van der Waals surface area contributed by atoms with Crippen LogP contribution in [0.3, 0.4) is 0 Å². The first-order chi connectivity index (χ1) is 8.22. The molecular formula is C12H12N4O. The maximum atomic E-state index is 10.9. The van der Waals surface area contributed by atoms with Gasteiger partial charge in [0.15, 0.2) is 0 Å². The molecule has 1 aromatic heterocycles. The number of aromatic nitrogens is 2. The zero-order valence-electron chi connectivity index (χ0n) is 9.18. The van der Waals surface area contributed by atoms with Crippen LogP contribution in [0.2, 0.25) is 0 Å². The van der Waals surface area contributed by atoms with E-state index >= 15 is 0 Å². The maximum absolute atomic E-state index is 10.9. The molecule has 0 unspecified atom stereocenters. The molecule has 86 valence electrons. The van der Waals surface area contributed by atoms with Gasteiger partial charge in [0.25, 0.3) is 5.56 Å². The fraction of sp³-hybridized carbons (Fsp3) is 0.167. The van der Waals surface area contributed by atoms with Crippen LogP contribution in [0.1, 0.15) is 11.1 Å². The van der Waals surface area contributed by atoms with E-state index in [9.17, 15) is 4.79 Å². The van der Waals surface area contributed by atoms with Crippen LogP contribution in [-0.2, 0) is 13.1 Å². The van der Waals surface area contributed by atoms with Gasteiger partial charge in [0.2, 0.25) is 0 Å². The number of nitrogens with zero attached hydrogens (tertiary/aromatic N) is 2. The molecule has 0 radical (unpaired) electrons. The molecule has 5 nitrogen and oxygen atoms in total. The average Bonchev–Trinajstić information content (AvgIpc) is 2.72. The van der Waals surface area contributed by atoms with Crippen molar-refractivity contribution in [3.8, 4) is 0 Å². The van der Waals surface area contributed by atoms with Crippen molar-refractivity contribution in [3.63, 3.8) is 0 Å². The number of nitrogens with one attached hydrogen (secondary N) is 1. The van der Waals surface area contributed by atoms with E-state index in [1.807, 2.05) is 18.2 Å². The first-order valence-corrected chi connectivity index (χ1v) is 5.40. The van der Waals surface area contributed by atoms with Crippen LogP contribution in [0, 0.1) is 0 Å². The Morgan fingerprint density at radius 2 is 2.00 bits per heavy atom. The normalized spacial score (nSPS) is 13.8. The first kappa shape index (κ1) is 9.89. The van der Waals surface area contributed by atoms with Crippen molar-refractivity contribution < 1.29 is 0 Å². The highest BCUT2D eigenvalue weighted by Crippen LogP contribution is 2.27. The molecule has 1 aliphatic rings. The second-order valence-electron chi connectivity index (χ2n) is 4.16. The van der Waals surface area contributed by atoms with Gasteiger partial charge in [-0.2, -0.15) is 5.10 Å². The van der Waals surface area contributed by atoms with Gasteiger partial charge in [-0.15, -0.1) is 0 Å². The Morgan fingerprint density at radius 3 is 2.76 bits per heavy atom.